The van der Waals surface area contributed by atoms with Crippen LogP contribution in [0.2, 0.25) is 0 Å². The second-order valence-electron chi connectivity index (χ2n) is 7.03. The van der Waals surface area contributed by atoms with E-state index in [4.69, 9.17) is 16.2 Å². The van der Waals surface area contributed by atoms with Crippen LogP contribution in [0.3, 0.4) is 0 Å². The van der Waals surface area contributed by atoms with Gasteiger partial charge in [-0.2, -0.15) is 0 Å². The molecule has 0 saturated carbocycles. The van der Waals surface area contributed by atoms with Crippen LogP contribution >= 0.6 is 11.3 Å². The maximum atomic E-state index is 12.0. The molecule has 0 aliphatic carbocycles. The summed E-state index contributed by atoms with van der Waals surface area (Å²) < 4.78 is 7.05. The monoisotopic (exact) mass is 432 g/mol. The fourth-order valence-corrected chi connectivity index (χ4v) is 3.76. The molecule has 164 valence electrons. The number of benzene rings is 1. The number of ether oxygens (including phenoxy) is 1. The number of hydrogen-bond donors (Lipinski definition) is 3. The maximum Gasteiger partial charge on any atom is 0.310 e. The predicted molar refractivity (Wildman–Crippen MR) is 124 cm³/mol. The van der Waals surface area contributed by atoms with Gasteiger partial charge in [0.2, 0.25) is 5.88 Å². The van der Waals surface area contributed by atoms with Gasteiger partial charge in [-0.1, -0.05) is 62.2 Å². The molecule has 0 fully saturated rings. The average molecular weight is 433 g/mol. The molecule has 0 aliphatic heterocycles. The molecular weight excluding hydrogens is 400 g/mol. The highest BCUT2D eigenvalue weighted by Gasteiger charge is 2.11. The quantitative estimate of drug-likeness (QED) is 0.254. The molecule has 7 nitrogen and oxygen atoms in total. The first-order chi connectivity index (χ1) is 14.5. The Morgan fingerprint density at radius 2 is 1.93 bits per heavy atom. The molecule has 0 radical (unpaired) electrons. The maximum absolute atomic E-state index is 12.0. The van der Waals surface area contributed by atoms with Crippen molar-refractivity contribution in [1.29, 1.82) is 0 Å². The summed E-state index contributed by atoms with van der Waals surface area (Å²) in [4.78, 5) is 16.1. The minimum absolute atomic E-state index is 0.0405. The molecule has 5 N–H and O–H groups in total. The summed E-state index contributed by atoms with van der Waals surface area (Å²) in [7, 11) is 0. The summed E-state index contributed by atoms with van der Waals surface area (Å²) in [5.74, 6) is 0.781. The van der Waals surface area contributed by atoms with E-state index in [1.165, 1.54) is 30.3 Å². The Bertz CT molecular complexity index is 881. The number of nitrogens with zero attached hydrogens (tertiary/aromatic N) is 2. The highest BCUT2D eigenvalue weighted by molar-refractivity contribution is 7.10. The van der Waals surface area contributed by atoms with E-state index in [2.05, 4.69) is 11.9 Å². The summed E-state index contributed by atoms with van der Waals surface area (Å²) in [5, 5.41) is 10.3. The third-order valence-electron chi connectivity index (χ3n) is 4.57. The zero-order valence-corrected chi connectivity index (χ0v) is 18.4. The number of allylic oxidation sites excluding steroid dienone is 1. The van der Waals surface area contributed by atoms with Gasteiger partial charge >= 0.3 is 4.87 Å². The highest BCUT2D eigenvalue weighted by Crippen LogP contribution is 2.22. The van der Waals surface area contributed by atoms with E-state index < -0.39 is 0 Å². The summed E-state index contributed by atoms with van der Waals surface area (Å²) in [6.07, 6.45) is 10.5. The third kappa shape index (κ3) is 7.94. The van der Waals surface area contributed by atoms with Gasteiger partial charge in [0.25, 0.3) is 0 Å². The van der Waals surface area contributed by atoms with Gasteiger partial charge in [-0.3, -0.25) is 14.4 Å². The average Bonchev–Trinajstić information content (AvgIpc) is 2.99. The van der Waals surface area contributed by atoms with E-state index in [-0.39, 0.29) is 29.8 Å². The Labute approximate surface area is 181 Å². The lowest BCUT2D eigenvalue weighted by molar-refractivity contribution is 0.304. The summed E-state index contributed by atoms with van der Waals surface area (Å²) in [6.45, 7) is 3.43. The number of aromatic hydroxyl groups is 1. The van der Waals surface area contributed by atoms with Crippen molar-refractivity contribution in [3.8, 4) is 11.6 Å². The van der Waals surface area contributed by atoms with Crippen molar-refractivity contribution in [2.45, 2.75) is 52.0 Å². The summed E-state index contributed by atoms with van der Waals surface area (Å²) in [6, 6.07) is 8.01. The first kappa shape index (κ1) is 23.5. The molecule has 0 aliphatic rings. The molecule has 0 spiro atoms. The van der Waals surface area contributed by atoms with Crippen molar-refractivity contribution in [3.05, 3.63) is 50.4 Å². The molecule has 8 heteroatoms. The minimum Gasteiger partial charge on any atom is -0.494 e. The Hall–Kier alpha value is -2.74. The first-order valence-electron chi connectivity index (χ1n) is 10.4. The topological polar surface area (TPSA) is 116 Å². The van der Waals surface area contributed by atoms with Gasteiger partial charge in [0.15, 0.2) is 5.96 Å². The van der Waals surface area contributed by atoms with Gasteiger partial charge in [-0.25, -0.2) is 0 Å². The number of unbranched alkanes of at least 4 members (excludes halogenated alkanes) is 4. The molecule has 30 heavy (non-hydrogen) atoms. The molecule has 0 amide bonds. The second kappa shape index (κ2) is 12.7. The van der Waals surface area contributed by atoms with Crippen molar-refractivity contribution in [2.24, 2.45) is 16.5 Å². The van der Waals surface area contributed by atoms with E-state index in [0.29, 0.717) is 11.3 Å². The lowest BCUT2D eigenvalue weighted by Crippen LogP contribution is -2.24. The molecule has 0 unspecified atom stereocenters. The number of guanidine groups is 1. The third-order valence-corrected chi connectivity index (χ3v) is 5.51. The Morgan fingerprint density at radius 1 is 1.20 bits per heavy atom. The van der Waals surface area contributed by atoms with E-state index in [1.54, 1.807) is 6.08 Å². The molecule has 0 bridgehead atoms. The van der Waals surface area contributed by atoms with Gasteiger partial charge in [0, 0.05) is 6.54 Å². The fourth-order valence-electron chi connectivity index (χ4n) is 2.92. The number of nitrogens with two attached hydrogens (primary N) is 2. The van der Waals surface area contributed by atoms with Crippen LogP contribution in [0.15, 0.2) is 40.1 Å². The Morgan fingerprint density at radius 3 is 2.63 bits per heavy atom. The molecule has 0 saturated heterocycles. The molecule has 2 rings (SSSR count). The molecule has 0 atom stereocenters. The standard InChI is InChI=1S/C22H32N4O3S/c1-2-3-4-5-6-16-29-18-12-10-17(11-13-18)8-7-9-19-20(27)26(22(28)30-19)15-14-25-21(23)24/h7,9-13,27H,2-6,8,14-16H2,1H3,(H4,23,24,25)/b9-7+. The van der Waals surface area contributed by atoms with Gasteiger partial charge in [0.1, 0.15) is 5.75 Å². The van der Waals surface area contributed by atoms with Crippen molar-refractivity contribution < 1.29 is 9.84 Å². The number of aliphatic imine (C=N–C) groups is 1. The lowest BCUT2D eigenvalue weighted by Gasteiger charge is -2.06. The molecule has 1 aromatic heterocycles. The van der Waals surface area contributed by atoms with Gasteiger partial charge < -0.3 is 21.3 Å². The van der Waals surface area contributed by atoms with Crippen LogP contribution in [-0.4, -0.2) is 28.8 Å². The van der Waals surface area contributed by atoms with Crippen LogP contribution in [0.1, 0.15) is 49.5 Å². The number of aromatic nitrogens is 1. The molecular formula is C22H32N4O3S. The summed E-state index contributed by atoms with van der Waals surface area (Å²) in [5.41, 5.74) is 11.7. The van der Waals surface area contributed by atoms with E-state index in [0.717, 1.165) is 35.7 Å². The van der Waals surface area contributed by atoms with E-state index >= 15 is 0 Å². The van der Waals surface area contributed by atoms with Crippen molar-refractivity contribution in [2.75, 3.05) is 13.2 Å². The molecule has 2 aromatic rings. The van der Waals surface area contributed by atoms with Crippen LogP contribution in [0.4, 0.5) is 0 Å². The minimum atomic E-state index is -0.242. The van der Waals surface area contributed by atoms with Crippen molar-refractivity contribution in [3.63, 3.8) is 0 Å². The van der Waals surface area contributed by atoms with Gasteiger partial charge in [0.05, 0.1) is 18.0 Å². The fraction of sp³-hybridized carbons (Fsp3) is 0.455. The van der Waals surface area contributed by atoms with E-state index in [1.807, 2.05) is 30.3 Å². The predicted octanol–water partition coefficient (Wildman–Crippen LogP) is 3.49. The SMILES string of the molecule is CCCCCCCOc1ccc(C/C=C/c2sc(=O)n(CCN=C(N)N)c2O)cc1. The Balaban J connectivity index is 1.82. The number of thiazole rings is 1. The van der Waals surface area contributed by atoms with Gasteiger partial charge in [-0.05, 0) is 36.6 Å². The number of rotatable bonds is 13. The van der Waals surface area contributed by atoms with E-state index in [9.17, 15) is 9.90 Å². The first-order valence-corrected chi connectivity index (χ1v) is 11.2. The second-order valence-corrected chi connectivity index (χ2v) is 8.02. The number of hydrogen-bond acceptors (Lipinski definition) is 5. The van der Waals surface area contributed by atoms with Crippen LogP contribution in [-0.2, 0) is 13.0 Å². The summed E-state index contributed by atoms with van der Waals surface area (Å²) >= 11 is 0.993. The highest BCUT2D eigenvalue weighted by atomic mass is 32.1. The zero-order valence-electron chi connectivity index (χ0n) is 17.5. The van der Waals surface area contributed by atoms with Crippen molar-refractivity contribution >= 4 is 23.4 Å². The smallest absolute Gasteiger partial charge is 0.310 e. The largest absolute Gasteiger partial charge is 0.494 e. The van der Waals surface area contributed by atoms with Crippen molar-refractivity contribution in [1.82, 2.24) is 4.57 Å². The van der Waals surface area contributed by atoms with Crippen LogP contribution < -0.4 is 21.1 Å². The molecule has 1 heterocycles. The molecule has 1 aromatic carbocycles. The normalized spacial score (nSPS) is 11.1. The van der Waals surface area contributed by atoms with Gasteiger partial charge in [-0.15, -0.1) is 0 Å². The Kier molecular flexibility index (Phi) is 10.00. The van der Waals surface area contributed by atoms with Crippen LogP contribution in [0.5, 0.6) is 11.6 Å². The van der Waals surface area contributed by atoms with Crippen LogP contribution in [0.25, 0.3) is 6.08 Å². The zero-order chi connectivity index (χ0) is 21.8. The van der Waals surface area contributed by atoms with Crippen LogP contribution in [0, 0.1) is 0 Å². The lowest BCUT2D eigenvalue weighted by atomic mass is 10.1.